The Morgan fingerprint density at radius 3 is 1.58 bits per heavy atom. The summed E-state index contributed by atoms with van der Waals surface area (Å²) in [5.41, 5.74) is 4.77. The number of rotatable bonds is 9. The molecule has 0 saturated heterocycles. The van der Waals surface area contributed by atoms with Crippen LogP contribution in [0.3, 0.4) is 0 Å². The summed E-state index contributed by atoms with van der Waals surface area (Å²) in [6, 6.07) is 0. The fraction of sp³-hybridized carbons (Fsp3) is 0.905. The van der Waals surface area contributed by atoms with E-state index in [9.17, 15) is 10.2 Å². The second kappa shape index (κ2) is 10.4. The molecule has 0 unspecified atom stereocenters. The average molecular weight is 401 g/mol. The summed E-state index contributed by atoms with van der Waals surface area (Å²) in [5.74, 6) is 2.79. The molecule has 0 amide bonds. The van der Waals surface area contributed by atoms with Crippen molar-refractivity contribution in [3.8, 4) is 11.5 Å². The fourth-order valence-electron chi connectivity index (χ4n) is 3.98. The smallest absolute Gasteiger partial charge is 0.200 e. The van der Waals surface area contributed by atoms with Gasteiger partial charge in [-0.25, -0.2) is 0 Å². The monoisotopic (exact) mass is 400 g/mol. The summed E-state index contributed by atoms with van der Waals surface area (Å²) in [4.78, 5) is 0. The SMILES string of the molecule is CC(C)[Si](OC[C@H](O)[C@@H](C)[C@@H](O)[C@H](C)C#C[Si](C)(C)C)(C(C)C)C(C)C. The third-order valence-electron chi connectivity index (χ3n) is 5.54. The molecule has 0 heterocycles. The van der Waals surface area contributed by atoms with Gasteiger partial charge in [0.2, 0.25) is 0 Å². The lowest BCUT2D eigenvalue weighted by Crippen LogP contribution is -2.50. The zero-order valence-corrected chi connectivity index (χ0v) is 21.1. The minimum atomic E-state index is -2.00. The number of aliphatic hydroxyl groups is 2. The third-order valence-corrected chi connectivity index (χ3v) is 12.5. The van der Waals surface area contributed by atoms with Crippen molar-refractivity contribution in [1.29, 1.82) is 0 Å². The fourth-order valence-corrected chi connectivity index (χ4v) is 10.1. The van der Waals surface area contributed by atoms with Gasteiger partial charge in [-0.15, -0.1) is 11.5 Å². The van der Waals surface area contributed by atoms with E-state index in [2.05, 4.69) is 72.6 Å². The molecule has 0 spiro atoms. The summed E-state index contributed by atoms with van der Waals surface area (Å²) < 4.78 is 6.49. The summed E-state index contributed by atoms with van der Waals surface area (Å²) in [5, 5.41) is 21.3. The van der Waals surface area contributed by atoms with E-state index in [1.807, 2.05) is 13.8 Å². The van der Waals surface area contributed by atoms with Crippen LogP contribution in [0.5, 0.6) is 0 Å². The van der Waals surface area contributed by atoms with Crippen LogP contribution in [-0.4, -0.2) is 45.4 Å². The first kappa shape index (κ1) is 25.9. The van der Waals surface area contributed by atoms with Gasteiger partial charge in [0.05, 0.1) is 18.8 Å². The van der Waals surface area contributed by atoms with Gasteiger partial charge in [0.25, 0.3) is 0 Å². The van der Waals surface area contributed by atoms with Crippen molar-refractivity contribution < 1.29 is 14.6 Å². The van der Waals surface area contributed by atoms with E-state index >= 15 is 0 Å². The van der Waals surface area contributed by atoms with Crippen LogP contribution in [0, 0.1) is 23.3 Å². The number of aliphatic hydroxyl groups excluding tert-OH is 2. The molecule has 0 bridgehead atoms. The van der Waals surface area contributed by atoms with Gasteiger partial charge in [-0.2, -0.15) is 0 Å². The third kappa shape index (κ3) is 7.12. The molecule has 0 aromatic rings. The predicted molar refractivity (Wildman–Crippen MR) is 118 cm³/mol. The molecular formula is C21H44O3Si2. The molecule has 4 atom stereocenters. The Bertz CT molecular complexity index is 450. The molecule has 0 aromatic carbocycles. The summed E-state index contributed by atoms with van der Waals surface area (Å²) in [6.45, 7) is 24.2. The summed E-state index contributed by atoms with van der Waals surface area (Å²) in [7, 11) is -3.46. The molecular weight excluding hydrogens is 356 g/mol. The summed E-state index contributed by atoms with van der Waals surface area (Å²) >= 11 is 0. The maximum atomic E-state index is 10.7. The maximum absolute atomic E-state index is 10.7. The standard InChI is InChI=1S/C21H44O3Si2/c1-15(2)26(16(3)4,17(5)6)24-14-20(22)19(8)21(23)18(7)12-13-25(9,10)11/h15-23H,14H2,1-11H3/t18-,19-,20+,21+/m1/s1. The average Bonchev–Trinajstić information content (AvgIpc) is 2.49. The normalized spacial score (nSPS) is 17.8. The van der Waals surface area contributed by atoms with Crippen LogP contribution in [0.25, 0.3) is 0 Å². The molecule has 0 aliphatic carbocycles. The Labute approximate surface area is 165 Å². The Balaban J connectivity index is 5.08. The zero-order valence-electron chi connectivity index (χ0n) is 19.1. The molecule has 0 saturated carbocycles. The zero-order chi connectivity index (χ0) is 20.9. The van der Waals surface area contributed by atoms with Gasteiger partial charge in [-0.3, -0.25) is 0 Å². The van der Waals surface area contributed by atoms with Crippen molar-refractivity contribution in [2.45, 2.75) is 104 Å². The van der Waals surface area contributed by atoms with Crippen molar-refractivity contribution in [2.75, 3.05) is 6.61 Å². The number of hydrogen-bond acceptors (Lipinski definition) is 3. The molecule has 0 aromatic heterocycles. The lowest BCUT2D eigenvalue weighted by Gasteiger charge is -2.43. The van der Waals surface area contributed by atoms with E-state index in [0.717, 1.165) is 0 Å². The second-order valence-electron chi connectivity index (χ2n) is 9.85. The van der Waals surface area contributed by atoms with E-state index in [0.29, 0.717) is 23.2 Å². The van der Waals surface area contributed by atoms with Gasteiger partial charge in [-0.05, 0) is 23.5 Å². The molecule has 154 valence electrons. The first-order chi connectivity index (χ1) is 11.7. The van der Waals surface area contributed by atoms with Gasteiger partial charge >= 0.3 is 0 Å². The molecule has 0 aliphatic heterocycles. The second-order valence-corrected chi connectivity index (χ2v) is 20.1. The minimum absolute atomic E-state index is 0.145. The Morgan fingerprint density at radius 2 is 1.23 bits per heavy atom. The molecule has 5 heteroatoms. The Morgan fingerprint density at radius 1 is 0.808 bits per heavy atom. The van der Waals surface area contributed by atoms with Crippen molar-refractivity contribution >= 4 is 16.4 Å². The first-order valence-electron chi connectivity index (χ1n) is 10.2. The maximum Gasteiger partial charge on any atom is 0.200 e. The van der Waals surface area contributed by atoms with Crippen LogP contribution in [0.2, 0.25) is 36.3 Å². The Kier molecular flexibility index (Phi) is 10.4. The highest BCUT2D eigenvalue weighted by atomic mass is 28.4. The van der Waals surface area contributed by atoms with E-state index in [-0.39, 0.29) is 11.8 Å². The van der Waals surface area contributed by atoms with Crippen LogP contribution in [0.4, 0.5) is 0 Å². The molecule has 0 fully saturated rings. The molecule has 0 aliphatic rings. The predicted octanol–water partition coefficient (Wildman–Crippen LogP) is 5.05. The number of hydrogen-bond donors (Lipinski definition) is 2. The van der Waals surface area contributed by atoms with E-state index < -0.39 is 28.6 Å². The molecule has 3 nitrogen and oxygen atoms in total. The van der Waals surface area contributed by atoms with Crippen LogP contribution >= 0.6 is 0 Å². The van der Waals surface area contributed by atoms with Crippen LogP contribution < -0.4 is 0 Å². The van der Waals surface area contributed by atoms with Crippen LogP contribution in [-0.2, 0) is 4.43 Å². The molecule has 26 heavy (non-hydrogen) atoms. The van der Waals surface area contributed by atoms with Crippen molar-refractivity contribution in [1.82, 2.24) is 0 Å². The molecule has 0 radical (unpaired) electrons. The minimum Gasteiger partial charge on any atom is -0.413 e. The quantitative estimate of drug-likeness (QED) is 0.420. The van der Waals surface area contributed by atoms with E-state index in [1.54, 1.807) is 0 Å². The van der Waals surface area contributed by atoms with Crippen molar-refractivity contribution in [2.24, 2.45) is 11.8 Å². The highest BCUT2D eigenvalue weighted by Crippen LogP contribution is 2.42. The molecule has 2 N–H and O–H groups in total. The van der Waals surface area contributed by atoms with Gasteiger partial charge < -0.3 is 14.6 Å². The topological polar surface area (TPSA) is 49.7 Å². The highest BCUT2D eigenvalue weighted by Gasteiger charge is 2.45. The van der Waals surface area contributed by atoms with Crippen LogP contribution in [0.1, 0.15) is 55.4 Å². The van der Waals surface area contributed by atoms with Crippen molar-refractivity contribution in [3.63, 3.8) is 0 Å². The van der Waals surface area contributed by atoms with Gasteiger partial charge in [-0.1, -0.05) is 68.1 Å². The largest absolute Gasteiger partial charge is 0.413 e. The molecule has 0 rings (SSSR count). The lowest BCUT2D eigenvalue weighted by atomic mass is 9.90. The van der Waals surface area contributed by atoms with Crippen LogP contribution in [0.15, 0.2) is 0 Å². The Hall–Kier alpha value is -0.126. The van der Waals surface area contributed by atoms with Gasteiger partial charge in [0.15, 0.2) is 8.32 Å². The van der Waals surface area contributed by atoms with E-state index in [1.165, 1.54) is 0 Å². The van der Waals surface area contributed by atoms with E-state index in [4.69, 9.17) is 4.43 Å². The van der Waals surface area contributed by atoms with Crippen molar-refractivity contribution in [3.05, 3.63) is 0 Å². The lowest BCUT2D eigenvalue weighted by molar-refractivity contribution is -0.0175. The first-order valence-corrected chi connectivity index (χ1v) is 15.8. The highest BCUT2D eigenvalue weighted by molar-refractivity contribution is 6.83. The summed E-state index contributed by atoms with van der Waals surface area (Å²) in [6.07, 6.45) is -1.32. The van der Waals surface area contributed by atoms with Gasteiger partial charge in [0.1, 0.15) is 8.07 Å². The van der Waals surface area contributed by atoms with Gasteiger partial charge in [0, 0.05) is 11.8 Å².